The molecule has 108 valence electrons. The van der Waals surface area contributed by atoms with Crippen LogP contribution < -0.4 is 10.1 Å². The van der Waals surface area contributed by atoms with E-state index in [1.807, 2.05) is 0 Å². The number of halogens is 1. The molecule has 1 aromatic carbocycles. The summed E-state index contributed by atoms with van der Waals surface area (Å²) in [5.74, 6) is 0.401. The molecule has 0 amide bonds. The molecule has 0 radical (unpaired) electrons. The lowest BCUT2D eigenvalue weighted by Gasteiger charge is -2.36. The van der Waals surface area contributed by atoms with Gasteiger partial charge in [0.1, 0.15) is 23.2 Å². The van der Waals surface area contributed by atoms with Crippen molar-refractivity contribution in [1.82, 2.24) is 5.32 Å². The van der Waals surface area contributed by atoms with Crippen LogP contribution in [0.3, 0.4) is 0 Å². The number of nitrogens with zero attached hydrogens (tertiary/aromatic N) is 1. The minimum absolute atomic E-state index is 0.0122. The molecule has 20 heavy (non-hydrogen) atoms. The molecule has 2 unspecified atom stereocenters. The van der Waals surface area contributed by atoms with Crippen molar-refractivity contribution in [2.24, 2.45) is 0 Å². The molecular formula is C16H21FN2O. The van der Waals surface area contributed by atoms with Gasteiger partial charge in [-0.2, -0.15) is 5.26 Å². The van der Waals surface area contributed by atoms with Gasteiger partial charge in [-0.3, -0.25) is 5.32 Å². The molecule has 1 saturated carbocycles. The first-order chi connectivity index (χ1) is 9.67. The van der Waals surface area contributed by atoms with Crippen LogP contribution in [0.4, 0.5) is 4.39 Å². The monoisotopic (exact) mass is 276 g/mol. The maximum absolute atomic E-state index is 12.9. The topological polar surface area (TPSA) is 45.0 Å². The van der Waals surface area contributed by atoms with Crippen LogP contribution in [0.2, 0.25) is 0 Å². The summed E-state index contributed by atoms with van der Waals surface area (Å²) in [6.45, 7) is 2.93. The number of nitriles is 1. The quantitative estimate of drug-likeness (QED) is 0.896. The molecule has 0 aromatic heterocycles. The van der Waals surface area contributed by atoms with E-state index in [0.29, 0.717) is 12.2 Å². The second-order valence-electron chi connectivity index (χ2n) is 5.41. The van der Waals surface area contributed by atoms with Crippen molar-refractivity contribution in [3.63, 3.8) is 0 Å². The summed E-state index contributed by atoms with van der Waals surface area (Å²) in [5.41, 5.74) is -0.473. The first-order valence-corrected chi connectivity index (χ1v) is 7.26. The van der Waals surface area contributed by atoms with Crippen LogP contribution >= 0.6 is 0 Å². The van der Waals surface area contributed by atoms with E-state index in [2.05, 4.69) is 18.3 Å². The molecule has 0 aliphatic heterocycles. The summed E-state index contributed by atoms with van der Waals surface area (Å²) in [6.07, 6.45) is 4.48. The molecule has 4 heteroatoms. The van der Waals surface area contributed by atoms with Gasteiger partial charge in [-0.1, -0.05) is 6.92 Å². The van der Waals surface area contributed by atoms with Crippen molar-refractivity contribution in [2.45, 2.75) is 50.7 Å². The first kappa shape index (κ1) is 14.8. The number of nitrogens with one attached hydrogen (secondary N) is 1. The van der Waals surface area contributed by atoms with Crippen molar-refractivity contribution < 1.29 is 9.13 Å². The summed E-state index contributed by atoms with van der Waals surface area (Å²) in [5, 5.41) is 12.8. The summed E-state index contributed by atoms with van der Waals surface area (Å²) >= 11 is 0. The molecule has 3 nitrogen and oxygen atoms in total. The van der Waals surface area contributed by atoms with Crippen LogP contribution in [-0.2, 0) is 0 Å². The summed E-state index contributed by atoms with van der Waals surface area (Å²) in [6, 6.07) is 8.49. The Morgan fingerprint density at radius 1 is 1.45 bits per heavy atom. The zero-order chi connectivity index (χ0) is 14.4. The van der Waals surface area contributed by atoms with Gasteiger partial charge in [0.25, 0.3) is 0 Å². The van der Waals surface area contributed by atoms with Crippen LogP contribution in [0.5, 0.6) is 5.75 Å². The van der Waals surface area contributed by atoms with Crippen LogP contribution in [-0.4, -0.2) is 18.2 Å². The number of hydrogen-bond acceptors (Lipinski definition) is 3. The Morgan fingerprint density at radius 3 is 2.85 bits per heavy atom. The predicted molar refractivity (Wildman–Crippen MR) is 75.9 cm³/mol. The van der Waals surface area contributed by atoms with Crippen LogP contribution in [0.25, 0.3) is 0 Å². The number of ether oxygens (including phenoxy) is 1. The maximum atomic E-state index is 12.9. The molecule has 1 N–H and O–H groups in total. The van der Waals surface area contributed by atoms with Crippen LogP contribution in [0.1, 0.15) is 39.0 Å². The highest BCUT2D eigenvalue weighted by Gasteiger charge is 2.37. The Labute approximate surface area is 119 Å². The van der Waals surface area contributed by atoms with Crippen molar-refractivity contribution in [1.29, 1.82) is 5.26 Å². The smallest absolute Gasteiger partial charge is 0.123 e. The third-order valence-electron chi connectivity index (χ3n) is 3.75. The average molecular weight is 276 g/mol. The third-order valence-corrected chi connectivity index (χ3v) is 3.75. The van der Waals surface area contributed by atoms with E-state index in [4.69, 9.17) is 4.74 Å². The fourth-order valence-electron chi connectivity index (χ4n) is 2.70. The van der Waals surface area contributed by atoms with Crippen LogP contribution in [0.15, 0.2) is 24.3 Å². The highest BCUT2D eigenvalue weighted by Crippen LogP contribution is 2.30. The molecule has 2 atom stereocenters. The van der Waals surface area contributed by atoms with Gasteiger partial charge in [-0.25, -0.2) is 4.39 Å². The second-order valence-corrected chi connectivity index (χ2v) is 5.41. The molecule has 0 bridgehead atoms. The fraction of sp³-hybridized carbons (Fsp3) is 0.562. The maximum Gasteiger partial charge on any atom is 0.123 e. The minimum atomic E-state index is -0.473. The molecule has 2 rings (SSSR count). The molecule has 0 spiro atoms. The van der Waals surface area contributed by atoms with Crippen molar-refractivity contribution >= 4 is 0 Å². The van der Waals surface area contributed by atoms with E-state index < -0.39 is 5.54 Å². The van der Waals surface area contributed by atoms with Gasteiger partial charge in [0.05, 0.1) is 6.07 Å². The number of hydrogen-bond donors (Lipinski definition) is 1. The molecule has 1 aromatic rings. The SMILES string of the molecule is CCCNC1(C#N)CCCC(Oc2ccc(F)cc2)C1. The van der Waals surface area contributed by atoms with Crippen LogP contribution in [0, 0.1) is 17.1 Å². The Bertz CT molecular complexity index is 468. The number of rotatable bonds is 5. The minimum Gasteiger partial charge on any atom is -0.490 e. The molecule has 1 aliphatic rings. The van der Waals surface area contributed by atoms with E-state index in [-0.39, 0.29) is 11.9 Å². The molecular weight excluding hydrogens is 255 g/mol. The lowest BCUT2D eigenvalue weighted by atomic mass is 9.81. The summed E-state index contributed by atoms with van der Waals surface area (Å²) < 4.78 is 18.8. The fourth-order valence-corrected chi connectivity index (χ4v) is 2.70. The zero-order valence-corrected chi connectivity index (χ0v) is 11.9. The van der Waals surface area contributed by atoms with E-state index >= 15 is 0 Å². The highest BCUT2D eigenvalue weighted by atomic mass is 19.1. The summed E-state index contributed by atoms with van der Waals surface area (Å²) in [4.78, 5) is 0. The zero-order valence-electron chi connectivity index (χ0n) is 11.9. The van der Waals surface area contributed by atoms with Crippen molar-refractivity contribution in [2.75, 3.05) is 6.54 Å². The Balaban J connectivity index is 1.99. The lowest BCUT2D eigenvalue weighted by molar-refractivity contribution is 0.112. The van der Waals surface area contributed by atoms with Gasteiger partial charge in [-0.15, -0.1) is 0 Å². The third kappa shape index (κ3) is 3.71. The Hall–Kier alpha value is -1.60. The van der Waals surface area contributed by atoms with E-state index in [0.717, 1.165) is 32.2 Å². The van der Waals surface area contributed by atoms with Gasteiger partial charge < -0.3 is 4.74 Å². The van der Waals surface area contributed by atoms with E-state index in [1.165, 1.54) is 12.1 Å². The predicted octanol–water partition coefficient (Wildman–Crippen LogP) is 3.41. The Morgan fingerprint density at radius 2 is 2.20 bits per heavy atom. The largest absolute Gasteiger partial charge is 0.490 e. The lowest BCUT2D eigenvalue weighted by Crippen LogP contribution is -2.50. The van der Waals surface area contributed by atoms with Gasteiger partial charge in [0, 0.05) is 6.42 Å². The first-order valence-electron chi connectivity index (χ1n) is 7.26. The normalized spacial score (nSPS) is 25.9. The molecule has 0 saturated heterocycles. The van der Waals surface area contributed by atoms with E-state index in [1.54, 1.807) is 12.1 Å². The standard InChI is InChI=1S/C16H21FN2O/c1-2-10-19-16(12-18)9-3-4-15(11-16)20-14-7-5-13(17)6-8-14/h5-8,15,19H,2-4,9-11H2,1H3. The second kappa shape index (κ2) is 6.71. The highest BCUT2D eigenvalue weighted by molar-refractivity contribution is 5.23. The molecule has 1 aliphatic carbocycles. The molecule has 1 fully saturated rings. The Kier molecular flexibility index (Phi) is 4.97. The molecule has 0 heterocycles. The van der Waals surface area contributed by atoms with Crippen molar-refractivity contribution in [3.05, 3.63) is 30.1 Å². The number of benzene rings is 1. The van der Waals surface area contributed by atoms with E-state index in [9.17, 15) is 9.65 Å². The van der Waals surface area contributed by atoms with Crippen molar-refractivity contribution in [3.8, 4) is 11.8 Å². The van der Waals surface area contributed by atoms with Gasteiger partial charge in [0.2, 0.25) is 0 Å². The average Bonchev–Trinajstić information content (AvgIpc) is 2.48. The summed E-state index contributed by atoms with van der Waals surface area (Å²) in [7, 11) is 0. The van der Waals surface area contributed by atoms with Gasteiger partial charge in [0.15, 0.2) is 0 Å². The van der Waals surface area contributed by atoms with Gasteiger partial charge >= 0.3 is 0 Å². The van der Waals surface area contributed by atoms with Gasteiger partial charge in [-0.05, 0) is 56.5 Å².